The van der Waals surface area contributed by atoms with E-state index in [0.29, 0.717) is 11.7 Å². The second-order valence-corrected chi connectivity index (χ2v) is 13.2. The molecule has 0 aliphatic heterocycles. The predicted molar refractivity (Wildman–Crippen MR) is 124 cm³/mol. The molecule has 7 nitrogen and oxygen atoms in total. The zero-order valence-electron chi connectivity index (χ0n) is 19.8. The normalized spacial score (nSPS) is 14.0. The van der Waals surface area contributed by atoms with Gasteiger partial charge in [0.25, 0.3) is 0 Å². The Kier molecular flexibility index (Phi) is 10.1. The Labute approximate surface area is 182 Å². The van der Waals surface area contributed by atoms with Crippen LogP contribution in [-0.2, 0) is 34.2 Å². The summed E-state index contributed by atoms with van der Waals surface area (Å²) < 4.78 is 35.4. The molecule has 0 fully saturated rings. The van der Waals surface area contributed by atoms with Gasteiger partial charge >= 0.3 is 182 Å². The summed E-state index contributed by atoms with van der Waals surface area (Å²) in [4.78, 5) is 11.7. The van der Waals surface area contributed by atoms with Gasteiger partial charge in [0.15, 0.2) is 0 Å². The molecule has 0 unspecified atom stereocenters. The van der Waals surface area contributed by atoms with E-state index >= 15 is 0 Å². The van der Waals surface area contributed by atoms with E-state index in [-0.39, 0.29) is 25.0 Å². The van der Waals surface area contributed by atoms with Gasteiger partial charge in [-0.2, -0.15) is 0 Å². The fourth-order valence-corrected chi connectivity index (χ4v) is 7.53. The van der Waals surface area contributed by atoms with Crippen molar-refractivity contribution in [1.82, 2.24) is 0 Å². The number of aryl methyl sites for hydroxylation is 1. The fraction of sp³-hybridized carbons (Fsp3) is 0.714. The van der Waals surface area contributed by atoms with Crippen molar-refractivity contribution in [3.05, 3.63) is 28.8 Å². The SMILES string of the molecule is COP(=O)(Cc1cc(C)cc([PH](O)(OC(C)C)OC(C)C)c1C(C)(C)CCO)OC. The maximum absolute atomic E-state index is 13.0. The number of aliphatic hydroxyl groups excluding tert-OH is 1. The average Bonchev–Trinajstić information content (AvgIpc) is 2.59. The van der Waals surface area contributed by atoms with Gasteiger partial charge in [0.05, 0.1) is 0 Å². The van der Waals surface area contributed by atoms with Crippen LogP contribution < -0.4 is 5.30 Å². The van der Waals surface area contributed by atoms with Crippen molar-refractivity contribution >= 4 is 20.8 Å². The molecule has 1 aromatic rings. The molecule has 0 radical (unpaired) electrons. The summed E-state index contributed by atoms with van der Waals surface area (Å²) in [5.41, 5.74) is 1.79. The fourth-order valence-electron chi connectivity index (χ4n) is 3.65. The molecule has 0 bridgehead atoms. The van der Waals surface area contributed by atoms with E-state index in [4.69, 9.17) is 18.1 Å². The average molecular weight is 466 g/mol. The van der Waals surface area contributed by atoms with E-state index in [1.807, 2.05) is 60.6 Å². The van der Waals surface area contributed by atoms with E-state index in [0.717, 1.165) is 16.7 Å². The number of hydrogen-bond acceptors (Lipinski definition) is 7. The molecule has 0 aliphatic carbocycles. The van der Waals surface area contributed by atoms with Gasteiger partial charge in [0.2, 0.25) is 0 Å². The number of aliphatic hydroxyl groups is 1. The van der Waals surface area contributed by atoms with Crippen LogP contribution in [0.5, 0.6) is 0 Å². The second kappa shape index (κ2) is 11.0. The Morgan fingerprint density at radius 2 is 1.57 bits per heavy atom. The molecule has 0 aromatic heterocycles. The Hall–Kier alpha value is -0.360. The van der Waals surface area contributed by atoms with E-state index < -0.39 is 21.0 Å². The summed E-state index contributed by atoms with van der Waals surface area (Å²) in [6, 6.07) is 3.79. The van der Waals surface area contributed by atoms with Crippen LogP contribution in [-0.4, -0.2) is 43.0 Å². The molecule has 0 heterocycles. The predicted octanol–water partition coefficient (Wildman–Crippen LogP) is 4.60. The van der Waals surface area contributed by atoms with Crippen LogP contribution in [0.15, 0.2) is 12.1 Å². The first-order chi connectivity index (χ1) is 13.7. The zero-order valence-corrected chi connectivity index (χ0v) is 21.7. The molecule has 0 atom stereocenters. The van der Waals surface area contributed by atoms with Crippen LogP contribution in [0.2, 0.25) is 0 Å². The van der Waals surface area contributed by atoms with Crippen LogP contribution in [0.25, 0.3) is 0 Å². The summed E-state index contributed by atoms with van der Waals surface area (Å²) in [6.45, 7) is 13.2. The first-order valence-electron chi connectivity index (χ1n) is 10.3. The molecule has 0 saturated heterocycles. The number of hydrogen-bond donors (Lipinski definition) is 2. The third-order valence-electron chi connectivity index (χ3n) is 4.83. The van der Waals surface area contributed by atoms with Crippen LogP contribution >= 0.6 is 15.5 Å². The van der Waals surface area contributed by atoms with Crippen LogP contribution in [0, 0.1) is 6.92 Å². The van der Waals surface area contributed by atoms with Crippen LogP contribution in [0.1, 0.15) is 64.7 Å². The van der Waals surface area contributed by atoms with Crippen molar-refractivity contribution in [3.8, 4) is 0 Å². The van der Waals surface area contributed by atoms with Gasteiger partial charge in [0.1, 0.15) is 0 Å². The van der Waals surface area contributed by atoms with E-state index in [2.05, 4.69) is 0 Å². The minimum absolute atomic E-state index is 0.0344. The Balaban J connectivity index is 3.89. The Morgan fingerprint density at radius 3 is 1.97 bits per heavy atom. The third-order valence-corrected chi connectivity index (χ3v) is 9.33. The molecule has 0 amide bonds. The van der Waals surface area contributed by atoms with Gasteiger partial charge in [-0.25, -0.2) is 0 Å². The third kappa shape index (κ3) is 7.08. The Morgan fingerprint density at radius 1 is 1.07 bits per heavy atom. The van der Waals surface area contributed by atoms with Crippen molar-refractivity contribution in [1.29, 1.82) is 0 Å². The summed E-state index contributed by atoms with van der Waals surface area (Å²) in [7, 11) is -4.51. The molecule has 1 aromatic carbocycles. The van der Waals surface area contributed by atoms with Gasteiger partial charge in [-0.15, -0.1) is 0 Å². The van der Waals surface area contributed by atoms with E-state index in [9.17, 15) is 14.6 Å². The molecule has 2 N–H and O–H groups in total. The standard InChI is InChI=1S/C21H40O7P2/c1-15(2)27-30(24,28-16(3)4)19-13-17(5)12-18(14-29(23,25-8)26-9)20(19)21(6,7)10-11-22/h12-13,15-16,22,24,30H,10-11,14H2,1-9H3. The molecule has 9 heteroatoms. The zero-order chi connectivity index (χ0) is 23.3. The van der Waals surface area contributed by atoms with Crippen molar-refractivity contribution < 1.29 is 32.7 Å². The van der Waals surface area contributed by atoms with E-state index in [1.165, 1.54) is 14.2 Å². The summed E-state index contributed by atoms with van der Waals surface area (Å²) in [6.07, 6.45) is -0.0506. The van der Waals surface area contributed by atoms with Crippen molar-refractivity contribution in [2.75, 3.05) is 20.8 Å². The Bertz CT molecular complexity index is 729. The van der Waals surface area contributed by atoms with Crippen LogP contribution in [0.4, 0.5) is 0 Å². The number of benzene rings is 1. The summed E-state index contributed by atoms with van der Waals surface area (Å²) >= 11 is 0. The van der Waals surface area contributed by atoms with Crippen molar-refractivity contribution in [3.63, 3.8) is 0 Å². The maximum atomic E-state index is 13.0. The monoisotopic (exact) mass is 466 g/mol. The van der Waals surface area contributed by atoms with Gasteiger partial charge in [0, 0.05) is 0 Å². The molecular formula is C21H40O7P2. The molecule has 0 spiro atoms. The van der Waals surface area contributed by atoms with Gasteiger partial charge in [-0.3, -0.25) is 0 Å². The summed E-state index contributed by atoms with van der Waals surface area (Å²) in [5.74, 6) is 0. The van der Waals surface area contributed by atoms with E-state index in [1.54, 1.807) is 0 Å². The van der Waals surface area contributed by atoms with Gasteiger partial charge in [-0.05, 0) is 0 Å². The molecule has 176 valence electrons. The first-order valence-corrected chi connectivity index (χ1v) is 13.8. The molecule has 30 heavy (non-hydrogen) atoms. The molecule has 0 aliphatic rings. The van der Waals surface area contributed by atoms with Gasteiger partial charge in [-0.1, -0.05) is 0 Å². The molecular weight excluding hydrogens is 426 g/mol. The van der Waals surface area contributed by atoms with Gasteiger partial charge < -0.3 is 0 Å². The summed E-state index contributed by atoms with van der Waals surface area (Å²) in [5, 5.41) is 10.3. The number of rotatable bonds is 12. The van der Waals surface area contributed by atoms with Crippen LogP contribution in [0.3, 0.4) is 0 Å². The molecule has 1 rings (SSSR count). The second-order valence-electron chi connectivity index (χ2n) is 8.75. The topological polar surface area (TPSA) is 94.5 Å². The minimum atomic E-state index is -3.85. The molecule has 0 saturated carbocycles. The van der Waals surface area contributed by atoms with Crippen molar-refractivity contribution in [2.45, 2.75) is 78.7 Å². The van der Waals surface area contributed by atoms with Crippen molar-refractivity contribution in [2.24, 2.45) is 0 Å². The quantitative estimate of drug-likeness (QED) is 0.435. The first kappa shape index (κ1) is 27.7.